The van der Waals surface area contributed by atoms with E-state index in [-0.39, 0.29) is 0 Å². The number of nitrogens with one attached hydrogen (secondary N) is 1. The first-order valence-electron chi connectivity index (χ1n) is 7.37. The molecule has 1 aliphatic carbocycles. The normalized spacial score (nSPS) is 16.6. The first-order valence-corrected chi connectivity index (χ1v) is 8.35. The van der Waals surface area contributed by atoms with Crippen molar-refractivity contribution in [3.8, 4) is 0 Å². The van der Waals surface area contributed by atoms with Crippen LogP contribution in [0.25, 0.3) is 0 Å². The van der Waals surface area contributed by atoms with Crippen molar-refractivity contribution in [1.82, 2.24) is 5.32 Å². The van der Waals surface area contributed by atoms with Crippen LogP contribution in [-0.4, -0.2) is 12.3 Å². The van der Waals surface area contributed by atoms with Crippen molar-refractivity contribution in [2.75, 3.05) is 12.3 Å². The van der Waals surface area contributed by atoms with Crippen molar-refractivity contribution < 1.29 is 0 Å². The third-order valence-corrected chi connectivity index (χ3v) is 5.05. The van der Waals surface area contributed by atoms with E-state index in [4.69, 9.17) is 0 Å². The first kappa shape index (κ1) is 13.7. The van der Waals surface area contributed by atoms with Gasteiger partial charge < -0.3 is 5.32 Å². The molecule has 2 aromatic rings. The van der Waals surface area contributed by atoms with Gasteiger partial charge in [0.1, 0.15) is 0 Å². The molecule has 1 atom stereocenters. The van der Waals surface area contributed by atoms with Crippen LogP contribution in [-0.2, 0) is 13.0 Å². The Morgan fingerprint density at radius 2 is 2.05 bits per heavy atom. The third kappa shape index (κ3) is 3.08. The van der Waals surface area contributed by atoms with Crippen molar-refractivity contribution in [3.05, 3.63) is 65.2 Å². The number of hydrogen-bond acceptors (Lipinski definition) is 2. The Bertz CT molecular complexity index is 579. The Morgan fingerprint density at radius 1 is 1.15 bits per heavy atom. The summed E-state index contributed by atoms with van der Waals surface area (Å²) in [4.78, 5) is 1.39. The van der Waals surface area contributed by atoms with E-state index >= 15 is 0 Å². The molecule has 0 saturated heterocycles. The summed E-state index contributed by atoms with van der Waals surface area (Å²) in [5.74, 6) is 1.94. The Kier molecular flexibility index (Phi) is 4.44. The number of benzene rings is 2. The van der Waals surface area contributed by atoms with Gasteiger partial charge in [-0.15, -0.1) is 11.8 Å². The lowest BCUT2D eigenvalue weighted by molar-refractivity contribution is 0.677. The zero-order valence-corrected chi connectivity index (χ0v) is 12.7. The fourth-order valence-corrected chi connectivity index (χ4v) is 3.82. The molecule has 1 unspecified atom stereocenters. The molecule has 0 radical (unpaired) electrons. The van der Waals surface area contributed by atoms with Gasteiger partial charge in [0.05, 0.1) is 0 Å². The summed E-state index contributed by atoms with van der Waals surface area (Å²) >= 11 is 1.99. The monoisotopic (exact) mass is 283 g/mol. The Morgan fingerprint density at radius 3 is 2.90 bits per heavy atom. The Balaban J connectivity index is 1.57. The predicted molar refractivity (Wildman–Crippen MR) is 87.4 cm³/mol. The highest BCUT2D eigenvalue weighted by molar-refractivity contribution is 7.99. The lowest BCUT2D eigenvalue weighted by atomic mass is 9.79. The summed E-state index contributed by atoms with van der Waals surface area (Å²) in [6.45, 7) is 4.14. The van der Waals surface area contributed by atoms with Gasteiger partial charge in [-0.1, -0.05) is 43.3 Å². The summed E-state index contributed by atoms with van der Waals surface area (Å²) in [6, 6.07) is 17.8. The standard InChI is InChI=1S/C18H21NS/c1-2-19-12-14-6-5-8-17(10-14)20-13-16-11-15-7-3-4-9-18(15)16/h3-10,16,19H,2,11-13H2,1H3. The van der Waals surface area contributed by atoms with Crippen LogP contribution in [0.15, 0.2) is 53.4 Å². The van der Waals surface area contributed by atoms with E-state index in [1.807, 2.05) is 11.8 Å². The molecule has 1 aliphatic rings. The number of fused-ring (bicyclic) bond motifs is 1. The van der Waals surface area contributed by atoms with Gasteiger partial charge in [-0.2, -0.15) is 0 Å². The van der Waals surface area contributed by atoms with E-state index in [0.29, 0.717) is 0 Å². The van der Waals surface area contributed by atoms with Gasteiger partial charge in [0.15, 0.2) is 0 Å². The lowest BCUT2D eigenvalue weighted by Crippen LogP contribution is -2.18. The molecule has 0 amide bonds. The maximum absolute atomic E-state index is 3.38. The topological polar surface area (TPSA) is 12.0 Å². The van der Waals surface area contributed by atoms with Gasteiger partial charge >= 0.3 is 0 Å². The van der Waals surface area contributed by atoms with Crippen LogP contribution in [0.2, 0.25) is 0 Å². The largest absolute Gasteiger partial charge is 0.313 e. The molecule has 2 heteroatoms. The average Bonchev–Trinajstić information content (AvgIpc) is 2.46. The third-order valence-electron chi connectivity index (χ3n) is 3.89. The molecule has 0 fully saturated rings. The predicted octanol–water partition coefficient (Wildman–Crippen LogP) is 4.23. The molecule has 0 spiro atoms. The van der Waals surface area contributed by atoms with Crippen LogP contribution in [0.4, 0.5) is 0 Å². The van der Waals surface area contributed by atoms with Crippen LogP contribution in [0.5, 0.6) is 0 Å². The average molecular weight is 283 g/mol. The van der Waals surface area contributed by atoms with Gasteiger partial charge in [-0.3, -0.25) is 0 Å². The molecule has 1 nitrogen and oxygen atoms in total. The van der Waals surface area contributed by atoms with E-state index in [0.717, 1.165) is 19.0 Å². The van der Waals surface area contributed by atoms with E-state index in [9.17, 15) is 0 Å². The van der Waals surface area contributed by atoms with Crippen molar-refractivity contribution in [3.63, 3.8) is 0 Å². The minimum atomic E-state index is 0.744. The number of rotatable bonds is 6. The summed E-state index contributed by atoms with van der Waals surface area (Å²) in [5, 5.41) is 3.38. The Labute approximate surface area is 125 Å². The molecule has 104 valence electrons. The molecule has 0 aliphatic heterocycles. The summed E-state index contributed by atoms with van der Waals surface area (Å²) in [5.41, 5.74) is 4.48. The second kappa shape index (κ2) is 6.47. The minimum absolute atomic E-state index is 0.744. The van der Waals surface area contributed by atoms with Gasteiger partial charge in [-0.05, 0) is 47.7 Å². The first-order chi connectivity index (χ1) is 9.86. The maximum atomic E-state index is 3.38. The quantitative estimate of drug-likeness (QED) is 0.796. The molecule has 2 aromatic carbocycles. The number of hydrogen-bond donors (Lipinski definition) is 1. The van der Waals surface area contributed by atoms with Crippen molar-refractivity contribution in [2.24, 2.45) is 0 Å². The second-order valence-corrected chi connectivity index (χ2v) is 6.43. The molecule has 0 bridgehead atoms. The van der Waals surface area contributed by atoms with Crippen molar-refractivity contribution >= 4 is 11.8 Å². The maximum Gasteiger partial charge on any atom is 0.0205 e. The highest BCUT2D eigenvalue weighted by Crippen LogP contribution is 2.38. The van der Waals surface area contributed by atoms with Gasteiger partial charge in [-0.25, -0.2) is 0 Å². The Hall–Kier alpha value is -1.25. The van der Waals surface area contributed by atoms with Crippen LogP contribution in [0.1, 0.15) is 29.5 Å². The molecular weight excluding hydrogens is 262 g/mol. The lowest BCUT2D eigenvalue weighted by Gasteiger charge is -2.29. The molecular formula is C18H21NS. The summed E-state index contributed by atoms with van der Waals surface area (Å²) in [7, 11) is 0. The van der Waals surface area contributed by atoms with Gasteiger partial charge in [0.2, 0.25) is 0 Å². The van der Waals surface area contributed by atoms with Crippen LogP contribution >= 0.6 is 11.8 Å². The summed E-state index contributed by atoms with van der Waals surface area (Å²) < 4.78 is 0. The fourth-order valence-electron chi connectivity index (χ4n) is 2.72. The second-order valence-electron chi connectivity index (χ2n) is 5.34. The molecule has 20 heavy (non-hydrogen) atoms. The van der Waals surface area contributed by atoms with Crippen LogP contribution in [0.3, 0.4) is 0 Å². The SMILES string of the molecule is CCNCc1cccc(SCC2Cc3ccccc32)c1. The van der Waals surface area contributed by atoms with Crippen LogP contribution in [0, 0.1) is 0 Å². The zero-order chi connectivity index (χ0) is 13.8. The van der Waals surface area contributed by atoms with Gasteiger partial charge in [0.25, 0.3) is 0 Å². The smallest absolute Gasteiger partial charge is 0.0205 e. The van der Waals surface area contributed by atoms with Crippen molar-refractivity contribution in [1.29, 1.82) is 0 Å². The highest BCUT2D eigenvalue weighted by atomic mass is 32.2. The molecule has 0 saturated carbocycles. The molecule has 0 heterocycles. The fraction of sp³-hybridized carbons (Fsp3) is 0.333. The molecule has 3 rings (SSSR count). The van der Waals surface area contributed by atoms with Crippen molar-refractivity contribution in [2.45, 2.75) is 30.7 Å². The number of thioether (sulfide) groups is 1. The van der Waals surface area contributed by atoms with E-state index < -0.39 is 0 Å². The van der Waals surface area contributed by atoms with E-state index in [2.05, 4.69) is 60.8 Å². The minimum Gasteiger partial charge on any atom is -0.313 e. The zero-order valence-electron chi connectivity index (χ0n) is 11.9. The highest BCUT2D eigenvalue weighted by Gasteiger charge is 2.24. The van der Waals surface area contributed by atoms with E-state index in [1.54, 1.807) is 11.1 Å². The van der Waals surface area contributed by atoms with E-state index in [1.165, 1.54) is 22.6 Å². The summed E-state index contributed by atoms with van der Waals surface area (Å²) in [6.07, 6.45) is 1.25. The van der Waals surface area contributed by atoms with Gasteiger partial charge in [0, 0.05) is 17.2 Å². The molecule has 1 N–H and O–H groups in total. The van der Waals surface area contributed by atoms with Crippen LogP contribution < -0.4 is 5.32 Å². The molecule has 0 aromatic heterocycles.